The zero-order valence-electron chi connectivity index (χ0n) is 10.9. The van der Waals surface area contributed by atoms with E-state index in [1.54, 1.807) is 0 Å². The van der Waals surface area contributed by atoms with E-state index in [0.29, 0.717) is 6.04 Å². The highest BCUT2D eigenvalue weighted by Crippen LogP contribution is 2.13. The van der Waals surface area contributed by atoms with Gasteiger partial charge in [-0.15, -0.1) is 0 Å². The maximum Gasteiger partial charge on any atom is 0.0134 e. The molecule has 0 spiro atoms. The predicted octanol–water partition coefficient (Wildman–Crippen LogP) is 2.30. The van der Waals surface area contributed by atoms with Crippen molar-refractivity contribution < 1.29 is 0 Å². The van der Waals surface area contributed by atoms with Crippen LogP contribution in [0.4, 0.5) is 0 Å². The second-order valence-corrected chi connectivity index (χ2v) is 4.89. The molecule has 1 heterocycles. The monoisotopic (exact) mass is 232 g/mol. The molecule has 1 aliphatic heterocycles. The van der Waals surface area contributed by atoms with E-state index in [2.05, 4.69) is 47.5 Å². The second-order valence-electron chi connectivity index (χ2n) is 4.89. The summed E-state index contributed by atoms with van der Waals surface area (Å²) in [4.78, 5) is 2.66. The fourth-order valence-electron chi connectivity index (χ4n) is 2.65. The van der Waals surface area contributed by atoms with Crippen molar-refractivity contribution in [1.82, 2.24) is 10.2 Å². The van der Waals surface area contributed by atoms with Crippen LogP contribution in [0.2, 0.25) is 0 Å². The lowest BCUT2D eigenvalue weighted by Crippen LogP contribution is -2.38. The van der Waals surface area contributed by atoms with Crippen molar-refractivity contribution in [2.45, 2.75) is 32.2 Å². The molecule has 0 amide bonds. The summed E-state index contributed by atoms with van der Waals surface area (Å²) in [5, 5.41) is 3.48. The Kier molecular flexibility index (Phi) is 5.02. The lowest BCUT2D eigenvalue weighted by molar-refractivity contribution is 0.202. The number of benzene rings is 1. The van der Waals surface area contributed by atoms with Crippen LogP contribution in [0.25, 0.3) is 0 Å². The van der Waals surface area contributed by atoms with Crippen molar-refractivity contribution in [1.29, 1.82) is 0 Å². The normalized spacial score (nSPS) is 19.8. The lowest BCUT2D eigenvalue weighted by atomic mass is 10.0. The van der Waals surface area contributed by atoms with Crippen LogP contribution >= 0.6 is 0 Å². The number of nitrogens with zero attached hydrogens (tertiary/aromatic N) is 1. The maximum atomic E-state index is 3.48. The molecule has 1 aromatic carbocycles. The van der Waals surface area contributed by atoms with Gasteiger partial charge in [-0.05, 0) is 37.9 Å². The number of rotatable bonds is 4. The average molecular weight is 232 g/mol. The molecular formula is C15H24N2. The molecule has 0 bridgehead atoms. The van der Waals surface area contributed by atoms with Gasteiger partial charge in [0.2, 0.25) is 0 Å². The van der Waals surface area contributed by atoms with Gasteiger partial charge in [0.15, 0.2) is 0 Å². The van der Waals surface area contributed by atoms with E-state index in [1.165, 1.54) is 44.5 Å². The van der Waals surface area contributed by atoms with Crippen LogP contribution in [0.5, 0.6) is 0 Å². The fraction of sp³-hybridized carbons (Fsp3) is 0.600. The van der Waals surface area contributed by atoms with Crippen molar-refractivity contribution in [2.75, 3.05) is 26.2 Å². The van der Waals surface area contributed by atoms with Gasteiger partial charge >= 0.3 is 0 Å². The molecule has 17 heavy (non-hydrogen) atoms. The summed E-state index contributed by atoms with van der Waals surface area (Å²) in [5.74, 6) is 0. The molecule has 2 rings (SSSR count). The predicted molar refractivity (Wildman–Crippen MR) is 73.3 cm³/mol. The SMILES string of the molecule is CCC(Cc1ccccc1)N1CCCNCC1. The Morgan fingerprint density at radius 3 is 2.76 bits per heavy atom. The summed E-state index contributed by atoms with van der Waals surface area (Å²) < 4.78 is 0. The Balaban J connectivity index is 1.95. The summed E-state index contributed by atoms with van der Waals surface area (Å²) in [6, 6.07) is 11.6. The van der Waals surface area contributed by atoms with Crippen molar-refractivity contribution in [2.24, 2.45) is 0 Å². The van der Waals surface area contributed by atoms with Crippen molar-refractivity contribution in [3.8, 4) is 0 Å². The zero-order valence-corrected chi connectivity index (χ0v) is 10.9. The van der Waals surface area contributed by atoms with Crippen LogP contribution in [-0.2, 0) is 6.42 Å². The van der Waals surface area contributed by atoms with Crippen LogP contribution in [0.15, 0.2) is 30.3 Å². The largest absolute Gasteiger partial charge is 0.315 e. The summed E-state index contributed by atoms with van der Waals surface area (Å²) in [7, 11) is 0. The molecule has 1 aromatic rings. The Bertz CT molecular complexity index is 302. The summed E-state index contributed by atoms with van der Waals surface area (Å²) >= 11 is 0. The molecule has 0 aliphatic carbocycles. The van der Waals surface area contributed by atoms with E-state index in [4.69, 9.17) is 0 Å². The van der Waals surface area contributed by atoms with Gasteiger partial charge in [0.05, 0.1) is 0 Å². The fourth-order valence-corrected chi connectivity index (χ4v) is 2.65. The molecule has 1 atom stereocenters. The first-order valence-electron chi connectivity index (χ1n) is 6.89. The van der Waals surface area contributed by atoms with Gasteiger partial charge in [-0.1, -0.05) is 37.3 Å². The molecule has 1 saturated heterocycles. The van der Waals surface area contributed by atoms with Crippen LogP contribution < -0.4 is 5.32 Å². The van der Waals surface area contributed by atoms with E-state index in [-0.39, 0.29) is 0 Å². The van der Waals surface area contributed by atoms with Crippen molar-refractivity contribution in [3.63, 3.8) is 0 Å². The van der Waals surface area contributed by atoms with Gasteiger partial charge in [-0.3, -0.25) is 4.90 Å². The van der Waals surface area contributed by atoms with Gasteiger partial charge < -0.3 is 5.32 Å². The Morgan fingerprint density at radius 2 is 2.00 bits per heavy atom. The van der Waals surface area contributed by atoms with Crippen LogP contribution in [0, 0.1) is 0 Å². The first-order chi connectivity index (χ1) is 8.40. The standard InChI is InChI=1S/C15H24N2/c1-2-15(13-14-7-4-3-5-8-14)17-11-6-9-16-10-12-17/h3-5,7-8,15-16H,2,6,9-13H2,1H3. The first kappa shape index (κ1) is 12.6. The van der Waals surface area contributed by atoms with Crippen LogP contribution in [0.1, 0.15) is 25.3 Å². The van der Waals surface area contributed by atoms with Crippen LogP contribution in [0.3, 0.4) is 0 Å². The molecule has 2 heteroatoms. The van der Waals surface area contributed by atoms with E-state index in [0.717, 1.165) is 6.54 Å². The number of nitrogens with one attached hydrogen (secondary N) is 1. The first-order valence-corrected chi connectivity index (χ1v) is 6.89. The summed E-state index contributed by atoms with van der Waals surface area (Å²) in [6.07, 6.45) is 3.72. The van der Waals surface area contributed by atoms with E-state index in [9.17, 15) is 0 Å². The highest BCUT2D eigenvalue weighted by Gasteiger charge is 2.18. The van der Waals surface area contributed by atoms with Crippen molar-refractivity contribution >= 4 is 0 Å². The minimum absolute atomic E-state index is 0.706. The van der Waals surface area contributed by atoms with Crippen molar-refractivity contribution in [3.05, 3.63) is 35.9 Å². The third kappa shape index (κ3) is 3.83. The quantitative estimate of drug-likeness (QED) is 0.857. The van der Waals surface area contributed by atoms with Gasteiger partial charge in [-0.2, -0.15) is 0 Å². The van der Waals surface area contributed by atoms with Gasteiger partial charge in [0, 0.05) is 19.1 Å². The summed E-state index contributed by atoms with van der Waals surface area (Å²) in [5.41, 5.74) is 1.47. The third-order valence-electron chi connectivity index (χ3n) is 3.68. The topological polar surface area (TPSA) is 15.3 Å². The van der Waals surface area contributed by atoms with Crippen LogP contribution in [-0.4, -0.2) is 37.1 Å². The third-order valence-corrected chi connectivity index (χ3v) is 3.68. The Hall–Kier alpha value is -0.860. The molecule has 1 unspecified atom stereocenters. The minimum Gasteiger partial charge on any atom is -0.315 e. The highest BCUT2D eigenvalue weighted by atomic mass is 15.2. The molecule has 94 valence electrons. The molecule has 1 fully saturated rings. The Labute approximate surface area is 105 Å². The lowest BCUT2D eigenvalue weighted by Gasteiger charge is -2.29. The van der Waals surface area contributed by atoms with Gasteiger partial charge in [0.25, 0.3) is 0 Å². The molecule has 0 radical (unpaired) electrons. The molecule has 1 aliphatic rings. The number of hydrogen-bond donors (Lipinski definition) is 1. The maximum absolute atomic E-state index is 3.48. The van der Waals surface area contributed by atoms with Gasteiger partial charge in [0.1, 0.15) is 0 Å². The minimum atomic E-state index is 0.706. The summed E-state index contributed by atoms with van der Waals surface area (Å²) in [6.45, 7) is 7.08. The van der Waals surface area contributed by atoms with Gasteiger partial charge in [-0.25, -0.2) is 0 Å². The molecule has 0 saturated carbocycles. The van der Waals surface area contributed by atoms with E-state index < -0.39 is 0 Å². The molecule has 0 aromatic heterocycles. The average Bonchev–Trinajstić information content (AvgIpc) is 2.66. The zero-order chi connectivity index (χ0) is 11.9. The van der Waals surface area contributed by atoms with E-state index >= 15 is 0 Å². The Morgan fingerprint density at radius 1 is 1.18 bits per heavy atom. The molecular weight excluding hydrogens is 208 g/mol. The van der Waals surface area contributed by atoms with E-state index in [1.807, 2.05) is 0 Å². The second kappa shape index (κ2) is 6.77. The smallest absolute Gasteiger partial charge is 0.0134 e. The number of hydrogen-bond acceptors (Lipinski definition) is 2. The highest BCUT2D eigenvalue weighted by molar-refractivity contribution is 5.15. The molecule has 1 N–H and O–H groups in total. The molecule has 2 nitrogen and oxygen atoms in total.